The van der Waals surface area contributed by atoms with Gasteiger partial charge in [0.1, 0.15) is 0 Å². The first-order valence-corrected chi connectivity index (χ1v) is 9.84. The molecule has 2 heterocycles. The molecule has 3 aromatic rings. The van der Waals surface area contributed by atoms with Gasteiger partial charge < -0.3 is 19.5 Å². The summed E-state index contributed by atoms with van der Waals surface area (Å²) < 4.78 is 16.0. The topological polar surface area (TPSA) is 69.7 Å². The average Bonchev–Trinajstić information content (AvgIpc) is 3.29. The molecule has 3 rings (SSSR count). The molecule has 0 spiro atoms. The highest BCUT2D eigenvalue weighted by atomic mass is 32.1. The molecule has 2 aromatic heterocycles. The minimum absolute atomic E-state index is 0.160. The van der Waals surface area contributed by atoms with Crippen molar-refractivity contribution in [2.24, 2.45) is 0 Å². The van der Waals surface area contributed by atoms with Crippen LogP contribution in [0.4, 0.5) is 5.13 Å². The molecule has 1 N–H and O–H groups in total. The lowest BCUT2D eigenvalue weighted by molar-refractivity contribution is -0.115. The van der Waals surface area contributed by atoms with Crippen molar-refractivity contribution < 1.29 is 19.0 Å². The van der Waals surface area contributed by atoms with Crippen LogP contribution in [0.25, 0.3) is 10.6 Å². The molecule has 142 valence electrons. The fourth-order valence-corrected chi connectivity index (χ4v) is 4.23. The Morgan fingerprint density at radius 1 is 1.11 bits per heavy atom. The molecule has 0 atom stereocenters. The van der Waals surface area contributed by atoms with E-state index in [0.717, 1.165) is 16.1 Å². The Kier molecular flexibility index (Phi) is 5.98. The van der Waals surface area contributed by atoms with E-state index in [4.69, 9.17) is 14.2 Å². The Labute approximate surface area is 165 Å². The zero-order valence-electron chi connectivity index (χ0n) is 15.5. The standard InChI is InChI=1S/C19H20N2O4S2/c1-11-5-6-16(27-11)13-10-26-19(20-13)21-17(22)9-12-7-14(23-2)18(25-4)15(8-12)24-3/h5-8,10H,9H2,1-4H3,(H,20,21,22). The molecule has 0 saturated heterocycles. The van der Waals surface area contributed by atoms with Crippen molar-refractivity contribution in [3.05, 3.63) is 40.1 Å². The fraction of sp³-hybridized carbons (Fsp3) is 0.263. The number of thiophene rings is 1. The van der Waals surface area contributed by atoms with Crippen LogP contribution in [0.2, 0.25) is 0 Å². The van der Waals surface area contributed by atoms with Crippen LogP contribution in [0.15, 0.2) is 29.6 Å². The number of methoxy groups -OCH3 is 3. The molecular formula is C19H20N2O4S2. The average molecular weight is 405 g/mol. The molecule has 0 bridgehead atoms. The molecule has 0 unspecified atom stereocenters. The van der Waals surface area contributed by atoms with E-state index in [1.807, 2.05) is 11.4 Å². The third kappa shape index (κ3) is 4.40. The minimum Gasteiger partial charge on any atom is -0.493 e. The number of nitrogens with one attached hydrogen (secondary N) is 1. The van der Waals surface area contributed by atoms with E-state index >= 15 is 0 Å². The summed E-state index contributed by atoms with van der Waals surface area (Å²) >= 11 is 3.09. The zero-order chi connectivity index (χ0) is 19.4. The number of carbonyl (C=O) groups excluding carboxylic acids is 1. The molecule has 27 heavy (non-hydrogen) atoms. The van der Waals surface area contributed by atoms with Gasteiger partial charge in [0.2, 0.25) is 11.7 Å². The summed E-state index contributed by atoms with van der Waals surface area (Å²) in [6.45, 7) is 2.06. The summed E-state index contributed by atoms with van der Waals surface area (Å²) in [5.41, 5.74) is 1.63. The van der Waals surface area contributed by atoms with E-state index in [1.54, 1.807) is 44.8 Å². The molecule has 0 saturated carbocycles. The van der Waals surface area contributed by atoms with Crippen molar-refractivity contribution >= 4 is 33.7 Å². The number of amides is 1. The Morgan fingerprint density at radius 2 is 1.81 bits per heavy atom. The van der Waals surface area contributed by atoms with Gasteiger partial charge in [-0.2, -0.15) is 0 Å². The largest absolute Gasteiger partial charge is 0.493 e. The molecule has 0 aliphatic heterocycles. The molecule has 0 aliphatic carbocycles. The number of rotatable bonds is 7. The normalized spacial score (nSPS) is 10.5. The summed E-state index contributed by atoms with van der Waals surface area (Å²) in [6, 6.07) is 7.63. The third-order valence-corrected chi connectivity index (χ3v) is 5.61. The van der Waals surface area contributed by atoms with Gasteiger partial charge in [0, 0.05) is 10.3 Å². The molecule has 6 nitrogen and oxygen atoms in total. The van der Waals surface area contributed by atoms with E-state index in [-0.39, 0.29) is 12.3 Å². The number of hydrogen-bond donors (Lipinski definition) is 1. The maximum absolute atomic E-state index is 12.4. The second-order valence-electron chi connectivity index (χ2n) is 5.71. The number of aromatic nitrogens is 1. The quantitative estimate of drug-likeness (QED) is 0.633. The molecule has 8 heteroatoms. The number of nitrogens with zero attached hydrogens (tertiary/aromatic N) is 1. The lowest BCUT2D eigenvalue weighted by Crippen LogP contribution is -2.14. The van der Waals surface area contributed by atoms with Gasteiger partial charge in [-0.05, 0) is 36.8 Å². The summed E-state index contributed by atoms with van der Waals surface area (Å²) in [7, 11) is 4.64. The molecule has 0 aliphatic rings. The summed E-state index contributed by atoms with van der Waals surface area (Å²) in [5.74, 6) is 1.38. The SMILES string of the molecule is COc1cc(CC(=O)Nc2nc(-c3ccc(C)s3)cs2)cc(OC)c1OC. The number of hydrogen-bond acceptors (Lipinski definition) is 7. The number of thiazole rings is 1. The Balaban J connectivity index is 1.72. The Morgan fingerprint density at radius 3 is 2.37 bits per heavy atom. The Bertz CT molecular complexity index is 924. The highest BCUT2D eigenvalue weighted by Gasteiger charge is 2.16. The lowest BCUT2D eigenvalue weighted by Gasteiger charge is -2.13. The van der Waals surface area contributed by atoms with Gasteiger partial charge in [0.05, 0.1) is 38.3 Å². The van der Waals surface area contributed by atoms with Crippen molar-refractivity contribution in [3.8, 4) is 27.8 Å². The van der Waals surface area contributed by atoms with Crippen LogP contribution < -0.4 is 19.5 Å². The van der Waals surface area contributed by atoms with Crippen LogP contribution in [0.5, 0.6) is 17.2 Å². The van der Waals surface area contributed by atoms with Crippen molar-refractivity contribution in [2.75, 3.05) is 26.6 Å². The third-order valence-electron chi connectivity index (χ3n) is 3.83. The molecule has 0 fully saturated rings. The smallest absolute Gasteiger partial charge is 0.230 e. The predicted molar refractivity (Wildman–Crippen MR) is 109 cm³/mol. The highest BCUT2D eigenvalue weighted by Crippen LogP contribution is 2.38. The number of carbonyl (C=O) groups is 1. The summed E-state index contributed by atoms with van der Waals surface area (Å²) in [5, 5.41) is 5.37. The van der Waals surface area contributed by atoms with Gasteiger partial charge in [0.15, 0.2) is 16.6 Å². The first kappa shape index (κ1) is 19.2. The number of aryl methyl sites for hydroxylation is 1. The van der Waals surface area contributed by atoms with E-state index in [9.17, 15) is 4.79 Å². The summed E-state index contributed by atoms with van der Waals surface area (Å²) in [4.78, 5) is 19.2. The maximum Gasteiger partial charge on any atom is 0.230 e. The number of benzene rings is 1. The van der Waals surface area contributed by atoms with Gasteiger partial charge in [-0.25, -0.2) is 4.98 Å². The maximum atomic E-state index is 12.4. The van der Waals surface area contributed by atoms with Crippen molar-refractivity contribution in [1.82, 2.24) is 4.98 Å². The molecule has 1 aromatic carbocycles. The first-order valence-electron chi connectivity index (χ1n) is 8.15. The van der Waals surface area contributed by atoms with Crippen LogP contribution in [0, 0.1) is 6.92 Å². The van der Waals surface area contributed by atoms with E-state index in [0.29, 0.717) is 22.4 Å². The van der Waals surface area contributed by atoms with Gasteiger partial charge in [0.25, 0.3) is 0 Å². The van der Waals surface area contributed by atoms with Crippen LogP contribution in [-0.2, 0) is 11.2 Å². The van der Waals surface area contributed by atoms with Crippen molar-refractivity contribution in [1.29, 1.82) is 0 Å². The number of anilines is 1. The van der Waals surface area contributed by atoms with Gasteiger partial charge >= 0.3 is 0 Å². The van der Waals surface area contributed by atoms with Gasteiger partial charge in [-0.15, -0.1) is 22.7 Å². The van der Waals surface area contributed by atoms with E-state index in [1.165, 1.54) is 16.2 Å². The van der Waals surface area contributed by atoms with Gasteiger partial charge in [-0.1, -0.05) is 0 Å². The van der Waals surface area contributed by atoms with Crippen LogP contribution in [0.3, 0.4) is 0 Å². The zero-order valence-corrected chi connectivity index (χ0v) is 17.1. The van der Waals surface area contributed by atoms with Gasteiger partial charge in [-0.3, -0.25) is 4.79 Å². The van der Waals surface area contributed by atoms with Crippen molar-refractivity contribution in [2.45, 2.75) is 13.3 Å². The monoisotopic (exact) mass is 404 g/mol. The predicted octanol–water partition coefficient (Wildman–Crippen LogP) is 4.39. The Hall–Kier alpha value is -2.58. The highest BCUT2D eigenvalue weighted by molar-refractivity contribution is 7.17. The molecule has 0 radical (unpaired) electrons. The minimum atomic E-state index is -0.160. The van der Waals surface area contributed by atoms with E-state index in [2.05, 4.69) is 23.3 Å². The number of ether oxygens (including phenoxy) is 3. The van der Waals surface area contributed by atoms with Crippen LogP contribution >= 0.6 is 22.7 Å². The molecular weight excluding hydrogens is 384 g/mol. The molecule has 1 amide bonds. The first-order chi connectivity index (χ1) is 13.0. The summed E-state index contributed by atoms with van der Waals surface area (Å²) in [6.07, 6.45) is 0.170. The van der Waals surface area contributed by atoms with Crippen LogP contribution in [-0.4, -0.2) is 32.2 Å². The second-order valence-corrected chi connectivity index (χ2v) is 7.85. The fourth-order valence-electron chi connectivity index (χ4n) is 2.60. The van der Waals surface area contributed by atoms with E-state index < -0.39 is 0 Å². The lowest BCUT2D eigenvalue weighted by atomic mass is 10.1. The van der Waals surface area contributed by atoms with Crippen LogP contribution in [0.1, 0.15) is 10.4 Å². The second kappa shape index (κ2) is 8.41. The van der Waals surface area contributed by atoms with Crippen molar-refractivity contribution in [3.63, 3.8) is 0 Å².